The zero-order valence-electron chi connectivity index (χ0n) is 7.59. The number of rotatable bonds is 7. The maximum absolute atomic E-state index is 12.7. The van der Waals surface area contributed by atoms with E-state index in [4.69, 9.17) is 0 Å². The monoisotopic (exact) mass is 198 g/mol. The van der Waals surface area contributed by atoms with Crippen molar-refractivity contribution in [3.63, 3.8) is 0 Å². The molecule has 1 unspecified atom stereocenters. The van der Waals surface area contributed by atoms with Crippen LogP contribution in [0.4, 0.5) is 4.20 Å². The number of unbranched alkanes of at least 4 members (excludes halogenated alkanes) is 1. The Morgan fingerprint density at radius 3 is 2.25 bits per heavy atom. The summed E-state index contributed by atoms with van der Waals surface area (Å²) in [7, 11) is -4.24. The van der Waals surface area contributed by atoms with Gasteiger partial charge in [-0.25, -0.2) is 4.57 Å². The minimum Gasteiger partial charge on any atom is -0.284 e. The molecule has 1 atom stereocenters. The van der Waals surface area contributed by atoms with Crippen LogP contribution >= 0.6 is 7.91 Å². The molecule has 0 amide bonds. The van der Waals surface area contributed by atoms with Crippen LogP contribution in [0.5, 0.6) is 0 Å². The lowest BCUT2D eigenvalue weighted by atomic mass is 10.4. The van der Waals surface area contributed by atoms with Crippen molar-refractivity contribution < 1.29 is 17.8 Å². The van der Waals surface area contributed by atoms with Crippen LogP contribution < -0.4 is 0 Å². The van der Waals surface area contributed by atoms with Crippen LogP contribution in [0.1, 0.15) is 33.1 Å². The minimum absolute atomic E-state index is 0.139. The maximum atomic E-state index is 12.7. The molecule has 0 aromatic rings. The summed E-state index contributed by atoms with van der Waals surface area (Å²) in [5.41, 5.74) is 0. The van der Waals surface area contributed by atoms with E-state index in [-0.39, 0.29) is 13.2 Å². The van der Waals surface area contributed by atoms with Crippen molar-refractivity contribution in [2.24, 2.45) is 0 Å². The largest absolute Gasteiger partial charge is 0.513 e. The Kier molecular flexibility index (Phi) is 6.62. The first-order valence-corrected chi connectivity index (χ1v) is 5.64. The second-order valence-corrected chi connectivity index (χ2v) is 3.83. The van der Waals surface area contributed by atoms with Crippen LogP contribution in [-0.4, -0.2) is 13.2 Å². The molecule has 0 aromatic carbocycles. The molecule has 0 aliphatic heterocycles. The number of hydrogen-bond acceptors (Lipinski definition) is 3. The molecular formula is C7H16FO3P. The first-order valence-electron chi connectivity index (χ1n) is 4.21. The summed E-state index contributed by atoms with van der Waals surface area (Å²) < 4.78 is 32.3. The van der Waals surface area contributed by atoms with Crippen molar-refractivity contribution in [2.45, 2.75) is 33.1 Å². The fourth-order valence-electron chi connectivity index (χ4n) is 0.556. The third-order valence-corrected chi connectivity index (χ3v) is 2.17. The highest BCUT2D eigenvalue weighted by molar-refractivity contribution is 7.48. The molecule has 0 fully saturated rings. The molecule has 0 N–H and O–H groups in total. The third-order valence-electron chi connectivity index (χ3n) is 1.19. The van der Waals surface area contributed by atoms with Gasteiger partial charge in [0.15, 0.2) is 0 Å². The molecule has 0 aromatic heterocycles. The summed E-state index contributed by atoms with van der Waals surface area (Å²) in [5.74, 6) is 0. The number of halogens is 1. The molecular weight excluding hydrogens is 182 g/mol. The average molecular weight is 198 g/mol. The highest BCUT2D eigenvalue weighted by Crippen LogP contribution is 2.49. The normalized spacial score (nSPS) is 15.9. The van der Waals surface area contributed by atoms with Gasteiger partial charge in [-0.3, -0.25) is 9.05 Å². The Labute approximate surface area is 72.9 Å². The van der Waals surface area contributed by atoms with Crippen LogP contribution in [0, 0.1) is 0 Å². The fraction of sp³-hybridized carbons (Fsp3) is 1.00. The first kappa shape index (κ1) is 12.1. The second-order valence-electron chi connectivity index (χ2n) is 2.45. The van der Waals surface area contributed by atoms with Gasteiger partial charge >= 0.3 is 7.91 Å². The minimum atomic E-state index is -4.24. The van der Waals surface area contributed by atoms with Gasteiger partial charge in [0.05, 0.1) is 13.2 Å². The molecule has 0 bridgehead atoms. The quantitative estimate of drug-likeness (QED) is 0.465. The van der Waals surface area contributed by atoms with Gasteiger partial charge in [-0.2, -0.15) is 0 Å². The van der Waals surface area contributed by atoms with E-state index in [9.17, 15) is 8.76 Å². The molecule has 3 nitrogen and oxygen atoms in total. The van der Waals surface area contributed by atoms with Crippen LogP contribution in [0.15, 0.2) is 0 Å². The average Bonchev–Trinajstić information content (AvgIpc) is 2.01. The van der Waals surface area contributed by atoms with Gasteiger partial charge in [0, 0.05) is 0 Å². The molecule has 0 saturated carbocycles. The molecule has 0 radical (unpaired) electrons. The number of hydrogen-bond donors (Lipinski definition) is 0. The lowest BCUT2D eigenvalue weighted by molar-refractivity contribution is 0.173. The van der Waals surface area contributed by atoms with Crippen molar-refractivity contribution in [3.05, 3.63) is 0 Å². The summed E-state index contributed by atoms with van der Waals surface area (Å²) in [6.07, 6.45) is 2.21. The SMILES string of the molecule is CCCCOP(=O)(F)OCCC. The van der Waals surface area contributed by atoms with E-state index in [1.165, 1.54) is 0 Å². The summed E-state index contributed by atoms with van der Waals surface area (Å²) in [4.78, 5) is 0. The van der Waals surface area contributed by atoms with Gasteiger partial charge in [0.25, 0.3) is 0 Å². The van der Waals surface area contributed by atoms with Crippen molar-refractivity contribution in [3.8, 4) is 0 Å². The summed E-state index contributed by atoms with van der Waals surface area (Å²) in [6.45, 7) is 4.05. The van der Waals surface area contributed by atoms with Crippen molar-refractivity contribution in [1.82, 2.24) is 0 Å². The predicted molar refractivity (Wildman–Crippen MR) is 45.8 cm³/mol. The predicted octanol–water partition coefficient (Wildman–Crippen LogP) is 3.31. The summed E-state index contributed by atoms with van der Waals surface area (Å²) in [6, 6.07) is 0. The van der Waals surface area contributed by atoms with Crippen molar-refractivity contribution in [2.75, 3.05) is 13.2 Å². The van der Waals surface area contributed by atoms with Crippen molar-refractivity contribution >= 4 is 7.91 Å². The lowest BCUT2D eigenvalue weighted by Gasteiger charge is -2.08. The van der Waals surface area contributed by atoms with Crippen LogP contribution in [0.2, 0.25) is 0 Å². The van der Waals surface area contributed by atoms with Gasteiger partial charge in [0.2, 0.25) is 0 Å². The van der Waals surface area contributed by atoms with E-state index in [0.29, 0.717) is 12.8 Å². The zero-order valence-corrected chi connectivity index (χ0v) is 8.48. The summed E-state index contributed by atoms with van der Waals surface area (Å²) >= 11 is 0. The van der Waals surface area contributed by atoms with E-state index >= 15 is 0 Å². The van der Waals surface area contributed by atoms with Gasteiger partial charge in [-0.05, 0) is 12.8 Å². The van der Waals surface area contributed by atoms with Crippen LogP contribution in [0.25, 0.3) is 0 Å². The van der Waals surface area contributed by atoms with Gasteiger partial charge in [0.1, 0.15) is 0 Å². The first-order chi connectivity index (χ1) is 5.62. The Balaban J connectivity index is 3.49. The maximum Gasteiger partial charge on any atom is 0.513 e. The van der Waals surface area contributed by atoms with Gasteiger partial charge in [-0.1, -0.05) is 20.3 Å². The fourth-order valence-corrected chi connectivity index (χ4v) is 1.38. The van der Waals surface area contributed by atoms with Crippen LogP contribution in [-0.2, 0) is 13.6 Å². The molecule has 5 heteroatoms. The van der Waals surface area contributed by atoms with Gasteiger partial charge in [-0.15, -0.1) is 4.20 Å². The Bertz CT molecular complexity index is 152. The standard InChI is InChI=1S/C7H16FO3P/c1-3-5-7-11-12(8,9)10-6-4-2/h3-7H2,1-2H3. The molecule has 74 valence electrons. The highest BCUT2D eigenvalue weighted by atomic mass is 31.2. The van der Waals surface area contributed by atoms with E-state index in [2.05, 4.69) is 9.05 Å². The van der Waals surface area contributed by atoms with E-state index in [0.717, 1.165) is 6.42 Å². The molecule has 0 rings (SSSR count). The third kappa shape index (κ3) is 6.77. The molecule has 0 aliphatic rings. The van der Waals surface area contributed by atoms with Crippen molar-refractivity contribution in [1.29, 1.82) is 0 Å². The topological polar surface area (TPSA) is 35.5 Å². The smallest absolute Gasteiger partial charge is 0.284 e. The Morgan fingerprint density at radius 2 is 1.75 bits per heavy atom. The Hall–Kier alpha value is 0.0800. The van der Waals surface area contributed by atoms with E-state index in [1.807, 2.05) is 13.8 Å². The molecule has 0 aliphatic carbocycles. The van der Waals surface area contributed by atoms with Gasteiger partial charge < -0.3 is 0 Å². The zero-order chi connectivity index (χ0) is 9.45. The lowest BCUT2D eigenvalue weighted by Crippen LogP contribution is -1.94. The molecule has 12 heavy (non-hydrogen) atoms. The summed E-state index contributed by atoms with van der Waals surface area (Å²) in [5, 5.41) is 0. The van der Waals surface area contributed by atoms with Crippen LogP contribution in [0.3, 0.4) is 0 Å². The molecule has 0 spiro atoms. The van der Waals surface area contributed by atoms with E-state index in [1.54, 1.807) is 0 Å². The highest BCUT2D eigenvalue weighted by Gasteiger charge is 2.22. The molecule has 0 heterocycles. The Morgan fingerprint density at radius 1 is 1.17 bits per heavy atom. The second kappa shape index (κ2) is 6.58. The molecule has 0 saturated heterocycles. The van der Waals surface area contributed by atoms with E-state index < -0.39 is 7.91 Å².